The zero-order valence-electron chi connectivity index (χ0n) is 17.0. The van der Waals surface area contributed by atoms with Gasteiger partial charge in [-0.1, -0.05) is 64.0 Å². The number of amidine groups is 1. The molecule has 0 spiro atoms. The zero-order valence-corrected chi connectivity index (χ0v) is 18.6. The van der Waals surface area contributed by atoms with Crippen molar-refractivity contribution >= 4 is 45.4 Å². The van der Waals surface area contributed by atoms with E-state index in [1.807, 2.05) is 55.5 Å². The van der Waals surface area contributed by atoms with Gasteiger partial charge in [0.15, 0.2) is 0 Å². The quantitative estimate of drug-likeness (QED) is 0.376. The molecule has 0 unspecified atom stereocenters. The van der Waals surface area contributed by atoms with Crippen LogP contribution in [0.25, 0.3) is 6.08 Å². The van der Waals surface area contributed by atoms with Crippen molar-refractivity contribution in [1.29, 1.82) is 0 Å². The van der Waals surface area contributed by atoms with Crippen LogP contribution in [0.3, 0.4) is 0 Å². The van der Waals surface area contributed by atoms with E-state index in [4.69, 9.17) is 4.74 Å². The molecule has 3 aromatic rings. The number of hydrogen-bond donors (Lipinski definition) is 0. The highest BCUT2D eigenvalue weighted by Crippen LogP contribution is 2.30. The van der Waals surface area contributed by atoms with Crippen molar-refractivity contribution in [2.75, 3.05) is 12.0 Å². The number of nitrogens with zero attached hydrogens (tertiary/aromatic N) is 2. The third kappa shape index (κ3) is 4.20. The van der Waals surface area contributed by atoms with Gasteiger partial charge in [-0.25, -0.2) is 9.79 Å². The minimum atomic E-state index is -0.407. The number of ether oxygens (including phenoxy) is 1. The van der Waals surface area contributed by atoms with E-state index in [1.54, 1.807) is 35.2 Å². The summed E-state index contributed by atoms with van der Waals surface area (Å²) in [7, 11) is 1.34. The number of amides is 1. The SMILES string of the molecule is COC(=O)c1ccc(/C=C2/N=C(c3ccccc3Br)N(c3ccc(C)cc3)C2=O)cc1. The van der Waals surface area contributed by atoms with Crippen LogP contribution in [0.1, 0.15) is 27.0 Å². The van der Waals surface area contributed by atoms with Gasteiger partial charge in [-0.15, -0.1) is 0 Å². The number of aryl methyl sites for hydroxylation is 1. The number of aliphatic imine (C=N–C) groups is 1. The van der Waals surface area contributed by atoms with E-state index >= 15 is 0 Å². The molecule has 6 heteroatoms. The lowest BCUT2D eigenvalue weighted by molar-refractivity contribution is -0.113. The number of halogens is 1. The Kier molecular flexibility index (Phi) is 5.82. The van der Waals surface area contributed by atoms with Crippen molar-refractivity contribution in [2.45, 2.75) is 6.92 Å². The molecule has 31 heavy (non-hydrogen) atoms. The molecule has 1 aliphatic rings. The highest BCUT2D eigenvalue weighted by molar-refractivity contribution is 9.10. The number of carbonyl (C=O) groups is 2. The maximum atomic E-state index is 13.4. The summed E-state index contributed by atoms with van der Waals surface area (Å²) in [5.41, 5.74) is 4.20. The smallest absolute Gasteiger partial charge is 0.337 e. The number of carbonyl (C=O) groups excluding carboxylic acids is 2. The Bertz CT molecular complexity index is 1210. The van der Waals surface area contributed by atoms with Gasteiger partial charge in [-0.2, -0.15) is 0 Å². The lowest BCUT2D eigenvalue weighted by atomic mass is 10.1. The molecule has 4 rings (SSSR count). The van der Waals surface area contributed by atoms with E-state index in [9.17, 15) is 9.59 Å². The molecule has 0 aliphatic carbocycles. The van der Waals surface area contributed by atoms with Crippen molar-refractivity contribution < 1.29 is 14.3 Å². The minimum absolute atomic E-state index is 0.216. The molecule has 5 nitrogen and oxygen atoms in total. The third-order valence-corrected chi connectivity index (χ3v) is 5.59. The van der Waals surface area contributed by atoms with Crippen LogP contribution in [-0.4, -0.2) is 24.8 Å². The molecule has 0 aromatic heterocycles. The first-order chi connectivity index (χ1) is 15.0. The molecule has 0 radical (unpaired) electrons. The molecule has 154 valence electrons. The van der Waals surface area contributed by atoms with Crippen molar-refractivity contribution in [3.05, 3.63) is 105 Å². The monoisotopic (exact) mass is 474 g/mol. The van der Waals surface area contributed by atoms with Gasteiger partial charge in [0.2, 0.25) is 0 Å². The van der Waals surface area contributed by atoms with E-state index in [0.29, 0.717) is 17.1 Å². The summed E-state index contributed by atoms with van der Waals surface area (Å²) < 4.78 is 5.58. The predicted octanol–water partition coefficient (Wildman–Crippen LogP) is 5.38. The number of methoxy groups -OCH3 is 1. The van der Waals surface area contributed by atoms with Crippen molar-refractivity contribution in [3.63, 3.8) is 0 Å². The van der Waals surface area contributed by atoms with Gasteiger partial charge in [-0.05, 0) is 48.9 Å². The lowest BCUT2D eigenvalue weighted by Gasteiger charge is -2.19. The Hall–Kier alpha value is -3.51. The van der Waals surface area contributed by atoms with Crippen LogP contribution in [0.15, 0.2) is 88.0 Å². The molecule has 1 amide bonds. The number of anilines is 1. The standard InChI is InChI=1S/C25H19BrN2O3/c1-16-7-13-19(14-8-16)28-23(20-5-3-4-6-21(20)26)27-22(24(28)29)15-17-9-11-18(12-10-17)25(30)31-2/h3-15H,1-2H3/b22-15+. The van der Waals surface area contributed by atoms with Crippen LogP contribution in [0.2, 0.25) is 0 Å². The fourth-order valence-corrected chi connectivity index (χ4v) is 3.73. The summed E-state index contributed by atoms with van der Waals surface area (Å²) in [4.78, 5) is 31.3. The minimum Gasteiger partial charge on any atom is -0.465 e. The van der Waals surface area contributed by atoms with Crippen molar-refractivity contribution in [3.8, 4) is 0 Å². The van der Waals surface area contributed by atoms with E-state index in [1.165, 1.54) is 7.11 Å². The van der Waals surface area contributed by atoms with E-state index in [-0.39, 0.29) is 5.91 Å². The molecule has 0 saturated carbocycles. The Labute approximate surface area is 188 Å². The summed E-state index contributed by atoms with van der Waals surface area (Å²) >= 11 is 3.57. The highest BCUT2D eigenvalue weighted by atomic mass is 79.9. The number of benzene rings is 3. The van der Waals surface area contributed by atoms with Crippen LogP contribution in [0.5, 0.6) is 0 Å². The first-order valence-corrected chi connectivity index (χ1v) is 10.4. The summed E-state index contributed by atoms with van der Waals surface area (Å²) in [5, 5.41) is 0. The number of esters is 1. The summed E-state index contributed by atoms with van der Waals surface area (Å²) in [6.07, 6.45) is 1.72. The van der Waals surface area contributed by atoms with E-state index < -0.39 is 5.97 Å². The van der Waals surface area contributed by atoms with Gasteiger partial charge in [0.05, 0.1) is 18.4 Å². The van der Waals surface area contributed by atoms with Gasteiger partial charge in [0.1, 0.15) is 11.5 Å². The van der Waals surface area contributed by atoms with Crippen LogP contribution >= 0.6 is 15.9 Å². The topological polar surface area (TPSA) is 59.0 Å². The summed E-state index contributed by atoms with van der Waals surface area (Å²) in [5.74, 6) is -0.0682. The second kappa shape index (κ2) is 8.70. The number of rotatable bonds is 4. The van der Waals surface area contributed by atoms with Crippen LogP contribution in [0.4, 0.5) is 5.69 Å². The molecule has 0 saturated heterocycles. The van der Waals surface area contributed by atoms with Crippen molar-refractivity contribution in [2.24, 2.45) is 4.99 Å². The van der Waals surface area contributed by atoms with E-state index in [0.717, 1.165) is 26.9 Å². The summed E-state index contributed by atoms with van der Waals surface area (Å²) in [6.45, 7) is 2.00. The van der Waals surface area contributed by atoms with Crippen LogP contribution in [-0.2, 0) is 9.53 Å². The highest BCUT2D eigenvalue weighted by Gasteiger charge is 2.33. The van der Waals surface area contributed by atoms with Gasteiger partial charge in [-0.3, -0.25) is 9.69 Å². The zero-order chi connectivity index (χ0) is 22.0. The average molecular weight is 475 g/mol. The normalized spacial score (nSPS) is 14.7. The first-order valence-electron chi connectivity index (χ1n) is 9.63. The Balaban J connectivity index is 1.78. The van der Waals surface area contributed by atoms with Gasteiger partial charge >= 0.3 is 5.97 Å². The van der Waals surface area contributed by atoms with Gasteiger partial charge in [0, 0.05) is 10.0 Å². The largest absolute Gasteiger partial charge is 0.465 e. The fraction of sp³-hybridized carbons (Fsp3) is 0.0800. The van der Waals surface area contributed by atoms with Crippen LogP contribution < -0.4 is 4.90 Å². The lowest BCUT2D eigenvalue weighted by Crippen LogP contribution is -2.32. The summed E-state index contributed by atoms with van der Waals surface area (Å²) in [6, 6.07) is 22.3. The Morgan fingerprint density at radius 1 is 1.00 bits per heavy atom. The van der Waals surface area contributed by atoms with Gasteiger partial charge < -0.3 is 4.74 Å². The number of hydrogen-bond acceptors (Lipinski definition) is 4. The molecule has 0 atom stereocenters. The second-order valence-electron chi connectivity index (χ2n) is 7.03. The predicted molar refractivity (Wildman–Crippen MR) is 125 cm³/mol. The molecule has 1 heterocycles. The molecule has 3 aromatic carbocycles. The van der Waals surface area contributed by atoms with Crippen LogP contribution in [0, 0.1) is 6.92 Å². The second-order valence-corrected chi connectivity index (χ2v) is 7.89. The van der Waals surface area contributed by atoms with Gasteiger partial charge in [0.25, 0.3) is 5.91 Å². The van der Waals surface area contributed by atoms with E-state index in [2.05, 4.69) is 20.9 Å². The fourth-order valence-electron chi connectivity index (χ4n) is 3.26. The Morgan fingerprint density at radius 2 is 1.68 bits per heavy atom. The Morgan fingerprint density at radius 3 is 2.32 bits per heavy atom. The molecule has 1 aliphatic heterocycles. The molecule has 0 N–H and O–H groups in total. The molecular weight excluding hydrogens is 456 g/mol. The first kappa shape index (κ1) is 20.8. The van der Waals surface area contributed by atoms with Crippen molar-refractivity contribution in [1.82, 2.24) is 0 Å². The maximum absolute atomic E-state index is 13.4. The molecule has 0 fully saturated rings. The molecule has 0 bridgehead atoms. The third-order valence-electron chi connectivity index (χ3n) is 4.90. The maximum Gasteiger partial charge on any atom is 0.337 e. The molecular formula is C25H19BrN2O3. The average Bonchev–Trinajstić information content (AvgIpc) is 3.10.